The van der Waals surface area contributed by atoms with Crippen LogP contribution in [0.15, 0.2) is 28.7 Å². The van der Waals surface area contributed by atoms with Crippen molar-refractivity contribution in [2.45, 2.75) is 31.3 Å². The van der Waals surface area contributed by atoms with Crippen molar-refractivity contribution in [3.05, 3.63) is 34.3 Å². The molecule has 0 radical (unpaired) electrons. The fourth-order valence-electron chi connectivity index (χ4n) is 2.09. The van der Waals surface area contributed by atoms with Crippen LogP contribution in [0.2, 0.25) is 0 Å². The van der Waals surface area contributed by atoms with Crippen LogP contribution in [0, 0.1) is 0 Å². The fraction of sp³-hybridized carbons (Fsp3) is 0.385. The number of benzene rings is 1. The standard InChI is InChI=1S/C13H15BrN2O3/c14-10-5-3-9(4-6-10)11(17)15-16-12(18)13(19)7-1-2-8-13/h3-6,19H,1-2,7-8H2,(H,15,17)(H,16,18). The smallest absolute Gasteiger partial charge is 0.270 e. The summed E-state index contributed by atoms with van der Waals surface area (Å²) in [6.45, 7) is 0. The van der Waals surface area contributed by atoms with Crippen molar-refractivity contribution in [1.29, 1.82) is 0 Å². The number of hydrogen-bond donors (Lipinski definition) is 3. The van der Waals surface area contributed by atoms with E-state index in [0.29, 0.717) is 18.4 Å². The molecule has 1 aromatic carbocycles. The molecule has 1 aliphatic carbocycles. The van der Waals surface area contributed by atoms with Gasteiger partial charge in [-0.2, -0.15) is 0 Å². The number of amides is 2. The van der Waals surface area contributed by atoms with Gasteiger partial charge in [-0.15, -0.1) is 0 Å². The number of rotatable bonds is 2. The third-order valence-corrected chi connectivity index (χ3v) is 3.78. The summed E-state index contributed by atoms with van der Waals surface area (Å²) in [5.41, 5.74) is 3.68. The molecule has 2 rings (SSSR count). The number of nitrogens with one attached hydrogen (secondary N) is 2. The molecule has 2 amide bonds. The molecule has 6 heteroatoms. The number of hydrogen-bond acceptors (Lipinski definition) is 3. The van der Waals surface area contributed by atoms with Gasteiger partial charge in [0.1, 0.15) is 5.60 Å². The van der Waals surface area contributed by atoms with Crippen molar-refractivity contribution in [3.8, 4) is 0 Å². The molecular weight excluding hydrogens is 312 g/mol. The second-order valence-electron chi connectivity index (χ2n) is 4.65. The van der Waals surface area contributed by atoms with Crippen molar-refractivity contribution in [2.75, 3.05) is 0 Å². The predicted molar refractivity (Wildman–Crippen MR) is 73.2 cm³/mol. The maximum absolute atomic E-state index is 11.8. The zero-order chi connectivity index (χ0) is 13.9. The van der Waals surface area contributed by atoms with Crippen molar-refractivity contribution in [3.63, 3.8) is 0 Å². The molecule has 0 bridgehead atoms. The largest absolute Gasteiger partial charge is 0.380 e. The van der Waals surface area contributed by atoms with Gasteiger partial charge in [0.2, 0.25) is 0 Å². The van der Waals surface area contributed by atoms with E-state index in [1.165, 1.54) is 0 Å². The molecule has 0 atom stereocenters. The van der Waals surface area contributed by atoms with Crippen LogP contribution in [0.4, 0.5) is 0 Å². The van der Waals surface area contributed by atoms with Gasteiger partial charge in [0, 0.05) is 10.0 Å². The van der Waals surface area contributed by atoms with Crippen LogP contribution < -0.4 is 10.9 Å². The van der Waals surface area contributed by atoms with Gasteiger partial charge < -0.3 is 5.11 Å². The molecule has 0 aromatic heterocycles. The zero-order valence-electron chi connectivity index (χ0n) is 10.3. The second kappa shape index (κ2) is 5.71. The molecule has 102 valence electrons. The summed E-state index contributed by atoms with van der Waals surface area (Å²) in [7, 11) is 0. The topological polar surface area (TPSA) is 78.4 Å². The molecule has 1 fully saturated rings. The highest BCUT2D eigenvalue weighted by molar-refractivity contribution is 9.10. The van der Waals surface area contributed by atoms with E-state index in [4.69, 9.17) is 0 Å². The summed E-state index contributed by atoms with van der Waals surface area (Å²) in [5.74, 6) is -0.960. The van der Waals surface area contributed by atoms with Gasteiger partial charge in [0.25, 0.3) is 11.8 Å². The van der Waals surface area contributed by atoms with Crippen molar-refractivity contribution >= 4 is 27.7 Å². The van der Waals surface area contributed by atoms with Crippen molar-refractivity contribution < 1.29 is 14.7 Å². The summed E-state index contributed by atoms with van der Waals surface area (Å²) in [6.07, 6.45) is 2.52. The first-order valence-electron chi connectivity index (χ1n) is 6.10. The van der Waals surface area contributed by atoms with Crippen LogP contribution in [-0.2, 0) is 4.79 Å². The van der Waals surface area contributed by atoms with E-state index in [0.717, 1.165) is 17.3 Å². The Balaban J connectivity index is 1.90. The van der Waals surface area contributed by atoms with E-state index < -0.39 is 17.4 Å². The average Bonchev–Trinajstić information content (AvgIpc) is 2.84. The summed E-state index contributed by atoms with van der Waals surface area (Å²) >= 11 is 3.27. The molecule has 0 unspecified atom stereocenters. The Labute approximate surface area is 119 Å². The normalized spacial score (nSPS) is 16.9. The van der Waals surface area contributed by atoms with Crippen molar-refractivity contribution in [1.82, 2.24) is 10.9 Å². The quantitative estimate of drug-likeness (QED) is 0.721. The number of carbonyl (C=O) groups is 2. The molecule has 1 saturated carbocycles. The SMILES string of the molecule is O=C(NNC(=O)C1(O)CCCC1)c1ccc(Br)cc1. The highest BCUT2D eigenvalue weighted by Crippen LogP contribution is 2.29. The molecule has 0 spiro atoms. The molecule has 0 heterocycles. The fourth-order valence-corrected chi connectivity index (χ4v) is 2.35. The molecule has 3 N–H and O–H groups in total. The third kappa shape index (κ3) is 3.33. The molecule has 0 aliphatic heterocycles. The highest BCUT2D eigenvalue weighted by atomic mass is 79.9. The lowest BCUT2D eigenvalue weighted by Crippen LogP contribution is -2.52. The Hall–Kier alpha value is -1.40. The molecule has 5 nitrogen and oxygen atoms in total. The summed E-state index contributed by atoms with van der Waals surface area (Å²) in [5, 5.41) is 10.0. The monoisotopic (exact) mass is 326 g/mol. The minimum Gasteiger partial charge on any atom is -0.380 e. The van der Waals surface area contributed by atoms with E-state index in [-0.39, 0.29) is 0 Å². The minimum absolute atomic E-state index is 0.414. The maximum atomic E-state index is 11.8. The van der Waals surface area contributed by atoms with E-state index in [1.807, 2.05) is 0 Å². The highest BCUT2D eigenvalue weighted by Gasteiger charge is 2.38. The molecule has 19 heavy (non-hydrogen) atoms. The Morgan fingerprint density at radius 2 is 1.68 bits per heavy atom. The van der Waals surface area contributed by atoms with Crippen LogP contribution in [0.1, 0.15) is 36.0 Å². The first-order valence-corrected chi connectivity index (χ1v) is 6.89. The third-order valence-electron chi connectivity index (χ3n) is 3.25. The van der Waals surface area contributed by atoms with Crippen LogP contribution >= 0.6 is 15.9 Å². The van der Waals surface area contributed by atoms with Gasteiger partial charge in [0.05, 0.1) is 0 Å². The van der Waals surface area contributed by atoms with Gasteiger partial charge in [-0.3, -0.25) is 20.4 Å². The van der Waals surface area contributed by atoms with Crippen LogP contribution in [0.5, 0.6) is 0 Å². The lowest BCUT2D eigenvalue weighted by atomic mass is 10.0. The Morgan fingerprint density at radius 3 is 2.26 bits per heavy atom. The predicted octanol–water partition coefficient (Wildman–Crippen LogP) is 1.52. The van der Waals surface area contributed by atoms with Gasteiger partial charge >= 0.3 is 0 Å². The van der Waals surface area contributed by atoms with Gasteiger partial charge in [0.15, 0.2) is 0 Å². The van der Waals surface area contributed by atoms with E-state index in [9.17, 15) is 14.7 Å². The lowest BCUT2D eigenvalue weighted by molar-refractivity contribution is -0.139. The zero-order valence-corrected chi connectivity index (χ0v) is 11.9. The number of halogens is 1. The van der Waals surface area contributed by atoms with Crippen LogP contribution in [-0.4, -0.2) is 22.5 Å². The number of hydrazine groups is 1. The Bertz CT molecular complexity index is 481. The summed E-state index contributed by atoms with van der Waals surface area (Å²) < 4.78 is 0.869. The van der Waals surface area contributed by atoms with Crippen LogP contribution in [0.25, 0.3) is 0 Å². The average molecular weight is 327 g/mol. The van der Waals surface area contributed by atoms with Gasteiger partial charge in [-0.05, 0) is 49.9 Å². The lowest BCUT2D eigenvalue weighted by Gasteiger charge is -2.20. The maximum Gasteiger partial charge on any atom is 0.270 e. The summed E-state index contributed by atoms with van der Waals surface area (Å²) in [6, 6.07) is 6.74. The van der Waals surface area contributed by atoms with Crippen molar-refractivity contribution in [2.24, 2.45) is 0 Å². The second-order valence-corrected chi connectivity index (χ2v) is 5.57. The number of aliphatic hydroxyl groups is 1. The van der Waals surface area contributed by atoms with E-state index in [1.54, 1.807) is 24.3 Å². The molecule has 1 aromatic rings. The van der Waals surface area contributed by atoms with Crippen LogP contribution in [0.3, 0.4) is 0 Å². The first-order chi connectivity index (χ1) is 9.01. The van der Waals surface area contributed by atoms with E-state index in [2.05, 4.69) is 26.8 Å². The molecular formula is C13H15BrN2O3. The first kappa shape index (κ1) is 14.0. The Kier molecular flexibility index (Phi) is 4.21. The van der Waals surface area contributed by atoms with Gasteiger partial charge in [-0.25, -0.2) is 0 Å². The van der Waals surface area contributed by atoms with Gasteiger partial charge in [-0.1, -0.05) is 15.9 Å². The minimum atomic E-state index is -1.34. The number of carbonyl (C=O) groups excluding carboxylic acids is 2. The summed E-state index contributed by atoms with van der Waals surface area (Å²) in [4.78, 5) is 23.5. The molecule has 1 aliphatic rings. The molecule has 0 saturated heterocycles. The Morgan fingerprint density at radius 1 is 1.11 bits per heavy atom. The van der Waals surface area contributed by atoms with E-state index >= 15 is 0 Å².